The number of aromatic nitrogens is 4. The number of esters is 1. The highest BCUT2D eigenvalue weighted by Crippen LogP contribution is 2.29. The summed E-state index contributed by atoms with van der Waals surface area (Å²) in [6.45, 7) is 2.15. The Morgan fingerprint density at radius 3 is 2.65 bits per heavy atom. The van der Waals surface area contributed by atoms with E-state index in [1.165, 1.54) is 25.1 Å². The zero-order chi connectivity index (χ0) is 22.4. The number of fused-ring (bicyclic) bond motifs is 1. The number of carbonyl (C=O) groups excluding carboxylic acids is 2. The van der Waals surface area contributed by atoms with E-state index in [1.54, 1.807) is 19.1 Å². The number of nitrogens with zero attached hydrogens (tertiary/aromatic N) is 4. The fourth-order valence-electron chi connectivity index (χ4n) is 2.85. The summed E-state index contributed by atoms with van der Waals surface area (Å²) in [5, 5.41) is 6.92. The maximum absolute atomic E-state index is 12.8. The third-order valence-electron chi connectivity index (χ3n) is 4.34. The Hall–Kier alpha value is -3.54. The number of benzene rings is 1. The molecule has 3 rings (SSSR count). The lowest BCUT2D eigenvalue weighted by molar-refractivity contribution is -0.116. The van der Waals surface area contributed by atoms with Crippen molar-refractivity contribution in [3.8, 4) is 11.5 Å². The van der Waals surface area contributed by atoms with Gasteiger partial charge >= 0.3 is 5.97 Å². The van der Waals surface area contributed by atoms with Crippen molar-refractivity contribution in [3.63, 3.8) is 0 Å². The minimum Gasteiger partial charge on any atom is -0.493 e. The Kier molecular flexibility index (Phi) is 7.13. The van der Waals surface area contributed by atoms with E-state index in [2.05, 4.69) is 19.9 Å². The fraction of sp³-hybridized carbons (Fsp3) is 0.368. The first kappa shape index (κ1) is 22.2. The van der Waals surface area contributed by atoms with E-state index < -0.39 is 5.97 Å². The summed E-state index contributed by atoms with van der Waals surface area (Å²) in [6.07, 6.45) is 1.93. The van der Waals surface area contributed by atoms with Crippen LogP contribution >= 0.6 is 11.5 Å². The van der Waals surface area contributed by atoms with Gasteiger partial charge in [-0.25, -0.2) is 9.78 Å². The smallest absolute Gasteiger partial charge is 0.362 e. The average Bonchev–Trinajstić information content (AvgIpc) is 3.22. The summed E-state index contributed by atoms with van der Waals surface area (Å²) >= 11 is 0.891. The van der Waals surface area contributed by atoms with Crippen LogP contribution in [0.25, 0.3) is 10.9 Å². The highest BCUT2D eigenvalue weighted by molar-refractivity contribution is 7.10. The molecule has 0 spiro atoms. The Morgan fingerprint density at radius 1 is 1.19 bits per heavy atom. The summed E-state index contributed by atoms with van der Waals surface area (Å²) in [5.74, 6) is -0.0603. The van der Waals surface area contributed by atoms with Crippen LogP contribution in [0.3, 0.4) is 0 Å². The molecule has 0 aliphatic rings. The van der Waals surface area contributed by atoms with Crippen molar-refractivity contribution in [2.24, 2.45) is 0 Å². The molecule has 12 heteroatoms. The van der Waals surface area contributed by atoms with Crippen LogP contribution in [0.15, 0.2) is 23.3 Å². The molecule has 164 valence electrons. The SMILES string of the molecule is CCOC(=O)c1nnsc1NC(=O)CCCn1cnc2cc(OC)c(OC)cc2c1=O. The van der Waals surface area contributed by atoms with E-state index in [-0.39, 0.29) is 41.7 Å². The molecule has 1 aromatic carbocycles. The van der Waals surface area contributed by atoms with Crippen molar-refractivity contribution in [3.05, 3.63) is 34.5 Å². The number of methoxy groups -OCH3 is 2. The predicted molar refractivity (Wildman–Crippen MR) is 113 cm³/mol. The summed E-state index contributed by atoms with van der Waals surface area (Å²) in [6, 6.07) is 3.22. The normalized spacial score (nSPS) is 10.7. The van der Waals surface area contributed by atoms with E-state index in [4.69, 9.17) is 14.2 Å². The molecule has 0 unspecified atom stereocenters. The molecule has 2 heterocycles. The standard InChI is InChI=1S/C19H21N5O6S/c1-4-30-19(27)16-17(31-23-22-16)21-15(25)6-5-7-24-10-20-12-9-14(29-3)13(28-2)8-11(12)18(24)26/h8-10H,4-7H2,1-3H3,(H,21,25). The molecule has 0 saturated heterocycles. The number of amides is 1. The molecule has 0 radical (unpaired) electrons. The van der Waals surface area contributed by atoms with Gasteiger partial charge in [0.05, 0.1) is 38.1 Å². The zero-order valence-corrected chi connectivity index (χ0v) is 18.0. The van der Waals surface area contributed by atoms with Gasteiger partial charge in [0.2, 0.25) is 11.6 Å². The minimum absolute atomic E-state index is 0.0282. The number of ether oxygens (including phenoxy) is 3. The van der Waals surface area contributed by atoms with Gasteiger partial charge < -0.3 is 19.5 Å². The highest BCUT2D eigenvalue weighted by atomic mass is 32.1. The van der Waals surface area contributed by atoms with Gasteiger partial charge in [0.1, 0.15) is 0 Å². The molecule has 0 bridgehead atoms. The van der Waals surface area contributed by atoms with Gasteiger partial charge in [-0.05, 0) is 19.4 Å². The average molecular weight is 447 g/mol. The molecule has 1 N–H and O–H groups in total. The van der Waals surface area contributed by atoms with Crippen LogP contribution < -0.4 is 20.3 Å². The van der Waals surface area contributed by atoms with Gasteiger partial charge in [0, 0.05) is 30.6 Å². The molecule has 3 aromatic rings. The molecule has 2 aromatic heterocycles. The number of hydrogen-bond acceptors (Lipinski definition) is 10. The summed E-state index contributed by atoms with van der Waals surface area (Å²) in [5.41, 5.74) is 0.211. The van der Waals surface area contributed by atoms with Crippen molar-refractivity contribution >= 4 is 39.3 Å². The van der Waals surface area contributed by atoms with Crippen molar-refractivity contribution < 1.29 is 23.8 Å². The molecule has 31 heavy (non-hydrogen) atoms. The fourth-order valence-corrected chi connectivity index (χ4v) is 3.42. The van der Waals surface area contributed by atoms with Gasteiger partial charge in [0.25, 0.3) is 5.56 Å². The number of rotatable bonds is 9. The molecular formula is C19H21N5O6S. The Balaban J connectivity index is 1.65. The van der Waals surface area contributed by atoms with Crippen LogP contribution in [0.5, 0.6) is 11.5 Å². The van der Waals surface area contributed by atoms with E-state index in [0.29, 0.717) is 28.8 Å². The first-order chi connectivity index (χ1) is 15.0. The van der Waals surface area contributed by atoms with Crippen LogP contribution in [0.1, 0.15) is 30.3 Å². The van der Waals surface area contributed by atoms with E-state index >= 15 is 0 Å². The summed E-state index contributed by atoms with van der Waals surface area (Å²) in [4.78, 5) is 41.1. The number of nitrogens with one attached hydrogen (secondary N) is 1. The lowest BCUT2D eigenvalue weighted by Crippen LogP contribution is -2.22. The third kappa shape index (κ3) is 4.97. The zero-order valence-electron chi connectivity index (χ0n) is 17.2. The minimum atomic E-state index is -0.646. The lowest BCUT2D eigenvalue weighted by atomic mass is 10.2. The van der Waals surface area contributed by atoms with Gasteiger partial charge in [-0.3, -0.25) is 14.2 Å². The topological polar surface area (TPSA) is 135 Å². The van der Waals surface area contributed by atoms with Crippen LogP contribution in [0.4, 0.5) is 5.00 Å². The highest BCUT2D eigenvalue weighted by Gasteiger charge is 2.19. The molecule has 0 fully saturated rings. The quantitative estimate of drug-likeness (QED) is 0.488. The maximum atomic E-state index is 12.8. The van der Waals surface area contributed by atoms with Gasteiger partial charge in [-0.2, -0.15) is 0 Å². The third-order valence-corrected chi connectivity index (χ3v) is 4.98. The Morgan fingerprint density at radius 2 is 1.94 bits per heavy atom. The lowest BCUT2D eigenvalue weighted by Gasteiger charge is -2.10. The van der Waals surface area contributed by atoms with Crippen molar-refractivity contribution in [1.29, 1.82) is 0 Å². The second kappa shape index (κ2) is 9.98. The van der Waals surface area contributed by atoms with Crippen molar-refractivity contribution in [1.82, 2.24) is 19.1 Å². The van der Waals surface area contributed by atoms with Crippen LogP contribution in [0, 0.1) is 0 Å². The van der Waals surface area contributed by atoms with E-state index in [0.717, 1.165) is 11.5 Å². The van der Waals surface area contributed by atoms with Crippen molar-refractivity contribution in [2.45, 2.75) is 26.3 Å². The van der Waals surface area contributed by atoms with Crippen molar-refractivity contribution in [2.75, 3.05) is 26.1 Å². The molecule has 0 atom stereocenters. The number of hydrogen-bond donors (Lipinski definition) is 1. The molecule has 0 saturated carbocycles. The van der Waals surface area contributed by atoms with Gasteiger partial charge in [0.15, 0.2) is 16.5 Å². The predicted octanol–water partition coefficient (Wildman–Crippen LogP) is 1.86. The molecule has 11 nitrogen and oxygen atoms in total. The van der Waals surface area contributed by atoms with Gasteiger partial charge in [-0.1, -0.05) is 4.49 Å². The molecule has 0 aliphatic heterocycles. The molecule has 0 aliphatic carbocycles. The van der Waals surface area contributed by atoms with Crippen LogP contribution in [-0.4, -0.2) is 51.8 Å². The van der Waals surface area contributed by atoms with E-state index in [9.17, 15) is 14.4 Å². The Labute approximate surface area is 181 Å². The molecule has 1 amide bonds. The number of anilines is 1. The first-order valence-electron chi connectivity index (χ1n) is 9.39. The number of carbonyl (C=O) groups is 2. The molecular weight excluding hydrogens is 426 g/mol. The Bertz CT molecular complexity index is 1160. The number of aryl methyl sites for hydroxylation is 1. The maximum Gasteiger partial charge on any atom is 0.362 e. The summed E-state index contributed by atoms with van der Waals surface area (Å²) < 4.78 is 20.5. The second-order valence-corrected chi connectivity index (χ2v) is 7.04. The monoisotopic (exact) mass is 447 g/mol. The second-order valence-electron chi connectivity index (χ2n) is 6.29. The van der Waals surface area contributed by atoms with Crippen LogP contribution in [0.2, 0.25) is 0 Å². The largest absolute Gasteiger partial charge is 0.493 e. The summed E-state index contributed by atoms with van der Waals surface area (Å²) in [7, 11) is 3.00. The van der Waals surface area contributed by atoms with Gasteiger partial charge in [-0.15, -0.1) is 5.10 Å². The van der Waals surface area contributed by atoms with Crippen LogP contribution in [-0.2, 0) is 16.1 Å². The van der Waals surface area contributed by atoms with E-state index in [1.807, 2.05) is 0 Å². The first-order valence-corrected chi connectivity index (χ1v) is 10.2.